The topological polar surface area (TPSA) is 23.6 Å². The zero-order valence-corrected chi connectivity index (χ0v) is 12.8. The molecule has 1 saturated carbocycles. The number of benzene rings is 1. The fourth-order valence-corrected chi connectivity index (χ4v) is 3.53. The van der Waals surface area contributed by atoms with E-state index in [9.17, 15) is 4.79 Å². The molecule has 0 bridgehead atoms. The first-order valence-corrected chi connectivity index (χ1v) is 8.32. The van der Waals surface area contributed by atoms with E-state index in [2.05, 4.69) is 40.1 Å². The minimum atomic E-state index is 0.319. The summed E-state index contributed by atoms with van der Waals surface area (Å²) in [4.78, 5) is 17.0. The molecule has 0 N–H and O–H groups in total. The minimum absolute atomic E-state index is 0.319. The summed E-state index contributed by atoms with van der Waals surface area (Å²) in [5.74, 6) is 0.826. The Morgan fingerprint density at radius 2 is 1.67 bits per heavy atom. The van der Waals surface area contributed by atoms with Crippen LogP contribution in [0.25, 0.3) is 0 Å². The van der Waals surface area contributed by atoms with Gasteiger partial charge in [0.25, 0.3) is 0 Å². The normalized spacial score (nSPS) is 25.1. The number of Topliss-reactive ketones (excluding diaryl/α,β-unsaturated/α-hetero) is 1. The van der Waals surface area contributed by atoms with Crippen LogP contribution in [0.5, 0.6) is 0 Å². The lowest BCUT2D eigenvalue weighted by Gasteiger charge is -2.36. The fraction of sp³-hybridized carbons (Fsp3) is 0.611. The second kappa shape index (κ2) is 7.19. The number of hydrogen-bond acceptors (Lipinski definition) is 3. The molecule has 0 radical (unpaired) electrons. The Kier molecular flexibility index (Phi) is 5.04. The van der Waals surface area contributed by atoms with E-state index < -0.39 is 0 Å². The monoisotopic (exact) mass is 286 g/mol. The van der Waals surface area contributed by atoms with Crippen LogP contribution in [-0.2, 0) is 11.3 Å². The third-order valence-corrected chi connectivity index (χ3v) is 4.87. The lowest BCUT2D eigenvalue weighted by atomic mass is 9.87. The Balaban J connectivity index is 1.43. The van der Waals surface area contributed by atoms with Crippen LogP contribution in [0.15, 0.2) is 30.3 Å². The number of ketones is 1. The first kappa shape index (κ1) is 14.7. The Morgan fingerprint density at radius 3 is 2.38 bits per heavy atom. The van der Waals surface area contributed by atoms with Crippen LogP contribution < -0.4 is 0 Å². The molecule has 2 aliphatic rings. The molecule has 1 heterocycles. The van der Waals surface area contributed by atoms with Gasteiger partial charge >= 0.3 is 0 Å². The summed E-state index contributed by atoms with van der Waals surface area (Å²) in [5, 5.41) is 0. The average molecular weight is 286 g/mol. The second-order valence-electron chi connectivity index (χ2n) is 6.47. The number of carbonyl (C=O) groups excluding carboxylic acids is 1. The van der Waals surface area contributed by atoms with E-state index in [-0.39, 0.29) is 0 Å². The quantitative estimate of drug-likeness (QED) is 0.850. The number of piperazine rings is 1. The third-order valence-electron chi connectivity index (χ3n) is 4.87. The van der Waals surface area contributed by atoms with Crippen LogP contribution in [0.1, 0.15) is 31.2 Å². The zero-order chi connectivity index (χ0) is 14.5. The van der Waals surface area contributed by atoms with E-state index in [4.69, 9.17) is 0 Å². The molecule has 3 rings (SSSR count). The van der Waals surface area contributed by atoms with Crippen molar-refractivity contribution in [3.63, 3.8) is 0 Å². The predicted molar refractivity (Wildman–Crippen MR) is 85.1 cm³/mol. The third kappa shape index (κ3) is 4.14. The minimum Gasteiger partial charge on any atom is -0.300 e. The molecule has 3 nitrogen and oxygen atoms in total. The van der Waals surface area contributed by atoms with Gasteiger partial charge in [0.1, 0.15) is 5.78 Å². The van der Waals surface area contributed by atoms with Crippen LogP contribution in [0.3, 0.4) is 0 Å². The van der Waals surface area contributed by atoms with Gasteiger partial charge in [0.05, 0.1) is 0 Å². The molecule has 1 aliphatic carbocycles. The maximum absolute atomic E-state index is 11.9. The molecule has 1 atom stereocenters. The Morgan fingerprint density at radius 1 is 0.952 bits per heavy atom. The van der Waals surface area contributed by atoms with Gasteiger partial charge in [0.2, 0.25) is 0 Å². The molecule has 2 fully saturated rings. The molecule has 1 saturated heterocycles. The van der Waals surface area contributed by atoms with Crippen molar-refractivity contribution in [1.29, 1.82) is 0 Å². The summed E-state index contributed by atoms with van der Waals surface area (Å²) in [6.07, 6.45) is 4.28. The van der Waals surface area contributed by atoms with E-state index in [1.165, 1.54) is 12.0 Å². The van der Waals surface area contributed by atoms with Crippen molar-refractivity contribution < 1.29 is 4.79 Å². The van der Waals surface area contributed by atoms with Crippen molar-refractivity contribution in [2.75, 3.05) is 32.7 Å². The predicted octanol–water partition coefficient (Wildman–Crippen LogP) is 2.56. The van der Waals surface area contributed by atoms with Crippen LogP contribution in [0.2, 0.25) is 0 Å². The van der Waals surface area contributed by atoms with E-state index >= 15 is 0 Å². The molecule has 1 aromatic rings. The van der Waals surface area contributed by atoms with Gasteiger partial charge < -0.3 is 4.90 Å². The molecule has 1 aromatic carbocycles. The van der Waals surface area contributed by atoms with Crippen molar-refractivity contribution in [2.45, 2.75) is 32.2 Å². The summed E-state index contributed by atoms with van der Waals surface area (Å²) >= 11 is 0. The highest BCUT2D eigenvalue weighted by Crippen LogP contribution is 2.22. The highest BCUT2D eigenvalue weighted by atomic mass is 16.1. The molecular formula is C18H26N2O. The van der Waals surface area contributed by atoms with Crippen molar-refractivity contribution in [2.24, 2.45) is 5.92 Å². The number of carbonyl (C=O) groups is 1. The van der Waals surface area contributed by atoms with Gasteiger partial charge in [-0.05, 0) is 18.4 Å². The fourth-order valence-electron chi connectivity index (χ4n) is 3.53. The van der Waals surface area contributed by atoms with Crippen molar-refractivity contribution in [1.82, 2.24) is 9.80 Å². The van der Waals surface area contributed by atoms with Crippen LogP contribution >= 0.6 is 0 Å². The van der Waals surface area contributed by atoms with Gasteiger partial charge in [0, 0.05) is 51.6 Å². The van der Waals surface area contributed by atoms with E-state index in [1.54, 1.807) is 0 Å². The van der Waals surface area contributed by atoms with Gasteiger partial charge in [-0.1, -0.05) is 36.8 Å². The first-order chi connectivity index (χ1) is 10.3. The van der Waals surface area contributed by atoms with Gasteiger partial charge in [-0.2, -0.15) is 0 Å². The molecule has 21 heavy (non-hydrogen) atoms. The zero-order valence-electron chi connectivity index (χ0n) is 12.8. The van der Waals surface area contributed by atoms with Gasteiger partial charge in [-0.25, -0.2) is 0 Å². The number of nitrogens with zero attached hydrogens (tertiary/aromatic N) is 2. The van der Waals surface area contributed by atoms with Crippen molar-refractivity contribution in [3.05, 3.63) is 35.9 Å². The molecule has 0 spiro atoms. The van der Waals surface area contributed by atoms with Crippen molar-refractivity contribution >= 4 is 5.78 Å². The molecule has 1 aliphatic heterocycles. The molecule has 1 unspecified atom stereocenters. The summed E-state index contributed by atoms with van der Waals surface area (Å²) in [6.45, 7) is 6.51. The summed E-state index contributed by atoms with van der Waals surface area (Å²) in [5.41, 5.74) is 1.40. The molecule has 114 valence electrons. The summed E-state index contributed by atoms with van der Waals surface area (Å²) in [7, 11) is 0. The average Bonchev–Trinajstić information content (AvgIpc) is 2.52. The molecule has 3 heteroatoms. The maximum atomic E-state index is 11.9. The van der Waals surface area contributed by atoms with Gasteiger partial charge in [0.15, 0.2) is 0 Å². The highest BCUT2D eigenvalue weighted by molar-refractivity contribution is 5.81. The Hall–Kier alpha value is -1.19. The largest absolute Gasteiger partial charge is 0.300 e. The van der Waals surface area contributed by atoms with Gasteiger partial charge in [-0.3, -0.25) is 9.69 Å². The van der Waals surface area contributed by atoms with Crippen molar-refractivity contribution in [3.8, 4) is 0 Å². The lowest BCUT2D eigenvalue weighted by molar-refractivity contribution is -0.125. The van der Waals surface area contributed by atoms with Crippen LogP contribution in [-0.4, -0.2) is 48.3 Å². The Bertz CT molecular complexity index is 452. The maximum Gasteiger partial charge on any atom is 0.137 e. The summed E-state index contributed by atoms with van der Waals surface area (Å²) in [6, 6.07) is 10.7. The lowest BCUT2D eigenvalue weighted by Crippen LogP contribution is -2.48. The molecular weight excluding hydrogens is 260 g/mol. The van der Waals surface area contributed by atoms with Crippen LogP contribution in [0, 0.1) is 5.92 Å². The van der Waals surface area contributed by atoms with E-state index in [1.807, 2.05) is 0 Å². The summed E-state index contributed by atoms with van der Waals surface area (Å²) < 4.78 is 0. The van der Waals surface area contributed by atoms with E-state index in [0.717, 1.165) is 58.5 Å². The standard InChI is InChI=1S/C18H26N2O/c21-18-9-5-4-8-17(18)15-20-12-10-19(11-13-20)14-16-6-2-1-3-7-16/h1-3,6-7,17H,4-5,8-15H2. The van der Waals surface area contributed by atoms with Gasteiger partial charge in [-0.15, -0.1) is 0 Å². The SMILES string of the molecule is O=C1CCCCC1CN1CCN(Cc2ccccc2)CC1. The second-order valence-corrected chi connectivity index (χ2v) is 6.47. The van der Waals surface area contributed by atoms with Crippen LogP contribution in [0.4, 0.5) is 0 Å². The highest BCUT2D eigenvalue weighted by Gasteiger charge is 2.26. The smallest absolute Gasteiger partial charge is 0.137 e. The molecule has 0 aromatic heterocycles. The number of rotatable bonds is 4. The number of hydrogen-bond donors (Lipinski definition) is 0. The Labute approximate surface area is 127 Å². The van der Waals surface area contributed by atoms with E-state index in [0.29, 0.717) is 11.7 Å². The first-order valence-electron chi connectivity index (χ1n) is 8.32. The molecule has 0 amide bonds.